The SMILES string of the molecule is O=CNc1ccc(CCc2ccc(O)cc2)cc1. The summed E-state index contributed by atoms with van der Waals surface area (Å²) >= 11 is 0. The van der Waals surface area contributed by atoms with Crippen LogP contribution in [0.1, 0.15) is 11.1 Å². The Labute approximate surface area is 106 Å². The molecule has 0 aromatic heterocycles. The molecular formula is C15H15NO2. The van der Waals surface area contributed by atoms with Gasteiger partial charge in [-0.25, -0.2) is 0 Å². The molecule has 0 aliphatic rings. The van der Waals surface area contributed by atoms with Crippen molar-refractivity contribution in [2.24, 2.45) is 0 Å². The molecule has 0 heterocycles. The molecule has 0 bridgehead atoms. The topological polar surface area (TPSA) is 49.3 Å². The fourth-order valence-corrected chi connectivity index (χ4v) is 1.79. The molecule has 92 valence electrons. The van der Waals surface area contributed by atoms with Gasteiger partial charge in [0.1, 0.15) is 5.75 Å². The molecule has 1 amide bonds. The molecule has 3 heteroatoms. The highest BCUT2D eigenvalue weighted by Gasteiger charge is 1.97. The first-order chi connectivity index (χ1) is 8.78. The molecule has 0 fully saturated rings. The normalized spacial score (nSPS) is 10.0. The maximum Gasteiger partial charge on any atom is 0.211 e. The summed E-state index contributed by atoms with van der Waals surface area (Å²) in [6, 6.07) is 15.0. The Morgan fingerprint density at radius 3 is 1.89 bits per heavy atom. The van der Waals surface area contributed by atoms with Crippen molar-refractivity contribution in [1.29, 1.82) is 0 Å². The fourth-order valence-electron chi connectivity index (χ4n) is 1.79. The number of aromatic hydroxyl groups is 1. The van der Waals surface area contributed by atoms with E-state index in [2.05, 4.69) is 5.32 Å². The van der Waals surface area contributed by atoms with Crippen molar-refractivity contribution in [3.8, 4) is 5.75 Å². The first-order valence-corrected chi connectivity index (χ1v) is 5.85. The zero-order valence-corrected chi connectivity index (χ0v) is 9.97. The second kappa shape index (κ2) is 5.87. The van der Waals surface area contributed by atoms with Crippen molar-refractivity contribution in [2.75, 3.05) is 5.32 Å². The van der Waals surface area contributed by atoms with Gasteiger partial charge in [0.2, 0.25) is 6.41 Å². The lowest BCUT2D eigenvalue weighted by Crippen LogP contribution is -1.95. The van der Waals surface area contributed by atoms with Crippen LogP contribution in [0.25, 0.3) is 0 Å². The molecule has 0 atom stereocenters. The number of phenols is 1. The van der Waals surface area contributed by atoms with Gasteiger partial charge >= 0.3 is 0 Å². The Kier molecular flexibility index (Phi) is 3.97. The van der Waals surface area contributed by atoms with E-state index in [0.29, 0.717) is 12.2 Å². The van der Waals surface area contributed by atoms with Gasteiger partial charge in [-0.15, -0.1) is 0 Å². The zero-order chi connectivity index (χ0) is 12.8. The molecular weight excluding hydrogens is 226 g/mol. The average molecular weight is 241 g/mol. The third kappa shape index (κ3) is 3.35. The molecule has 0 radical (unpaired) electrons. The van der Waals surface area contributed by atoms with Crippen molar-refractivity contribution in [1.82, 2.24) is 0 Å². The summed E-state index contributed by atoms with van der Waals surface area (Å²) in [5.41, 5.74) is 3.22. The van der Waals surface area contributed by atoms with Gasteiger partial charge in [-0.05, 0) is 48.2 Å². The van der Waals surface area contributed by atoms with Crippen LogP contribution in [0, 0.1) is 0 Å². The van der Waals surface area contributed by atoms with E-state index in [1.165, 1.54) is 11.1 Å². The van der Waals surface area contributed by atoms with Crippen LogP contribution in [0.15, 0.2) is 48.5 Å². The van der Waals surface area contributed by atoms with Gasteiger partial charge in [0, 0.05) is 5.69 Å². The van der Waals surface area contributed by atoms with Crippen LogP contribution in [-0.2, 0) is 17.6 Å². The number of nitrogens with one attached hydrogen (secondary N) is 1. The van der Waals surface area contributed by atoms with Crippen LogP contribution in [0.5, 0.6) is 5.75 Å². The van der Waals surface area contributed by atoms with E-state index in [4.69, 9.17) is 0 Å². The average Bonchev–Trinajstić information content (AvgIpc) is 2.40. The molecule has 2 rings (SSSR count). The number of amides is 1. The number of rotatable bonds is 5. The monoisotopic (exact) mass is 241 g/mol. The fraction of sp³-hybridized carbons (Fsp3) is 0.133. The molecule has 18 heavy (non-hydrogen) atoms. The van der Waals surface area contributed by atoms with Gasteiger partial charge in [0.05, 0.1) is 0 Å². The Morgan fingerprint density at radius 2 is 1.39 bits per heavy atom. The number of benzene rings is 2. The number of carbonyl (C=O) groups is 1. The molecule has 0 saturated heterocycles. The molecule has 0 unspecified atom stereocenters. The van der Waals surface area contributed by atoms with Crippen LogP contribution in [0.3, 0.4) is 0 Å². The van der Waals surface area contributed by atoms with E-state index in [1.54, 1.807) is 12.1 Å². The van der Waals surface area contributed by atoms with E-state index in [0.717, 1.165) is 18.5 Å². The standard InChI is InChI=1S/C15H15NO2/c17-11-16-14-7-3-12(4-8-14)1-2-13-5-9-15(18)10-6-13/h3-11,18H,1-2H2,(H,16,17). The Morgan fingerprint density at radius 1 is 0.889 bits per heavy atom. The smallest absolute Gasteiger partial charge is 0.211 e. The van der Waals surface area contributed by atoms with Crippen molar-refractivity contribution in [2.45, 2.75) is 12.8 Å². The van der Waals surface area contributed by atoms with Gasteiger partial charge in [-0.3, -0.25) is 4.79 Å². The van der Waals surface area contributed by atoms with Crippen LogP contribution in [-0.4, -0.2) is 11.5 Å². The lowest BCUT2D eigenvalue weighted by molar-refractivity contribution is -0.105. The van der Waals surface area contributed by atoms with E-state index >= 15 is 0 Å². The summed E-state index contributed by atoms with van der Waals surface area (Å²) in [6.45, 7) is 0. The highest BCUT2D eigenvalue weighted by molar-refractivity contribution is 5.71. The third-order valence-electron chi connectivity index (χ3n) is 2.82. The summed E-state index contributed by atoms with van der Waals surface area (Å²) < 4.78 is 0. The number of aryl methyl sites for hydroxylation is 2. The summed E-state index contributed by atoms with van der Waals surface area (Å²) in [5, 5.41) is 11.8. The predicted octanol–water partition coefficient (Wildman–Crippen LogP) is 2.75. The molecule has 0 aliphatic heterocycles. The Balaban J connectivity index is 1.93. The second-order valence-electron chi connectivity index (χ2n) is 4.13. The summed E-state index contributed by atoms with van der Waals surface area (Å²) in [4.78, 5) is 10.3. The van der Waals surface area contributed by atoms with E-state index in [9.17, 15) is 9.90 Å². The Bertz CT molecular complexity index is 503. The number of hydrogen-bond donors (Lipinski definition) is 2. The van der Waals surface area contributed by atoms with E-state index in [-0.39, 0.29) is 0 Å². The highest BCUT2D eigenvalue weighted by atomic mass is 16.3. The van der Waals surface area contributed by atoms with Crippen LogP contribution >= 0.6 is 0 Å². The summed E-state index contributed by atoms with van der Waals surface area (Å²) in [7, 11) is 0. The molecule has 0 saturated carbocycles. The van der Waals surface area contributed by atoms with Crippen LogP contribution in [0.2, 0.25) is 0 Å². The minimum atomic E-state index is 0.294. The molecule has 3 nitrogen and oxygen atoms in total. The maximum atomic E-state index is 10.3. The Hall–Kier alpha value is -2.29. The number of hydrogen-bond acceptors (Lipinski definition) is 2. The third-order valence-corrected chi connectivity index (χ3v) is 2.82. The first-order valence-electron chi connectivity index (χ1n) is 5.85. The van der Waals surface area contributed by atoms with Gasteiger partial charge in [0.25, 0.3) is 0 Å². The van der Waals surface area contributed by atoms with E-state index < -0.39 is 0 Å². The van der Waals surface area contributed by atoms with Gasteiger partial charge in [-0.2, -0.15) is 0 Å². The van der Waals surface area contributed by atoms with Crippen LogP contribution < -0.4 is 5.32 Å². The molecule has 0 spiro atoms. The number of phenolic OH excluding ortho intramolecular Hbond substituents is 1. The van der Waals surface area contributed by atoms with Crippen LogP contribution in [0.4, 0.5) is 5.69 Å². The first kappa shape index (κ1) is 12.2. The minimum absolute atomic E-state index is 0.294. The van der Waals surface area contributed by atoms with Crippen molar-refractivity contribution < 1.29 is 9.90 Å². The van der Waals surface area contributed by atoms with Crippen molar-refractivity contribution >= 4 is 12.1 Å². The van der Waals surface area contributed by atoms with E-state index in [1.807, 2.05) is 36.4 Å². The second-order valence-corrected chi connectivity index (χ2v) is 4.13. The van der Waals surface area contributed by atoms with Crippen molar-refractivity contribution in [3.63, 3.8) is 0 Å². The number of anilines is 1. The lowest BCUT2D eigenvalue weighted by Gasteiger charge is -2.04. The molecule has 2 N–H and O–H groups in total. The lowest BCUT2D eigenvalue weighted by atomic mass is 10.0. The minimum Gasteiger partial charge on any atom is -0.508 e. The van der Waals surface area contributed by atoms with Gasteiger partial charge in [0.15, 0.2) is 0 Å². The largest absolute Gasteiger partial charge is 0.508 e. The molecule has 2 aromatic carbocycles. The van der Waals surface area contributed by atoms with Crippen molar-refractivity contribution in [3.05, 3.63) is 59.7 Å². The summed E-state index contributed by atoms with van der Waals surface area (Å²) in [5.74, 6) is 0.294. The van der Waals surface area contributed by atoms with Gasteiger partial charge in [-0.1, -0.05) is 24.3 Å². The summed E-state index contributed by atoms with van der Waals surface area (Å²) in [6.07, 6.45) is 2.54. The quantitative estimate of drug-likeness (QED) is 0.791. The zero-order valence-electron chi connectivity index (χ0n) is 9.97. The highest BCUT2D eigenvalue weighted by Crippen LogP contribution is 2.14. The maximum absolute atomic E-state index is 10.3. The van der Waals surface area contributed by atoms with Gasteiger partial charge < -0.3 is 10.4 Å². The predicted molar refractivity (Wildman–Crippen MR) is 71.6 cm³/mol. The molecule has 0 aliphatic carbocycles. The number of carbonyl (C=O) groups excluding carboxylic acids is 1. The molecule has 2 aromatic rings.